The molecule has 4 aromatic rings. The lowest BCUT2D eigenvalue weighted by Gasteiger charge is -2.26. The fraction of sp³-hybridized carbons (Fsp3) is 0.214. The Labute approximate surface area is 206 Å². The maximum absolute atomic E-state index is 13.2. The Morgan fingerprint density at radius 1 is 1.03 bits per heavy atom. The number of aromatic nitrogens is 1. The maximum Gasteiger partial charge on any atom is 0.416 e. The van der Waals surface area contributed by atoms with Crippen LogP contribution >= 0.6 is 0 Å². The van der Waals surface area contributed by atoms with Crippen LogP contribution in [0.1, 0.15) is 27.8 Å². The first-order valence-corrected chi connectivity index (χ1v) is 11.5. The summed E-state index contributed by atoms with van der Waals surface area (Å²) < 4.78 is 45.7. The number of fused-ring (bicyclic) bond motifs is 1. The fourth-order valence-electron chi connectivity index (χ4n) is 4.33. The molecule has 1 N–H and O–H groups in total. The second-order valence-corrected chi connectivity index (χ2v) is 8.85. The third-order valence-corrected chi connectivity index (χ3v) is 6.10. The molecule has 1 aliphatic heterocycles. The molecule has 1 aromatic heterocycles. The van der Waals surface area contributed by atoms with Gasteiger partial charge in [-0.25, -0.2) is 0 Å². The first-order chi connectivity index (χ1) is 17.3. The van der Waals surface area contributed by atoms with E-state index in [1.807, 2.05) is 24.3 Å². The van der Waals surface area contributed by atoms with E-state index in [-0.39, 0.29) is 17.5 Å². The molecule has 8 heteroatoms. The summed E-state index contributed by atoms with van der Waals surface area (Å²) in [5.74, 6) is 0.763. The van der Waals surface area contributed by atoms with Gasteiger partial charge >= 0.3 is 6.18 Å². The van der Waals surface area contributed by atoms with Crippen molar-refractivity contribution >= 4 is 16.7 Å². The second-order valence-electron chi connectivity index (χ2n) is 8.85. The average molecular weight is 492 g/mol. The van der Waals surface area contributed by atoms with Crippen LogP contribution < -0.4 is 10.1 Å². The van der Waals surface area contributed by atoms with Gasteiger partial charge in [-0.2, -0.15) is 13.2 Å². The van der Waals surface area contributed by atoms with Crippen LogP contribution in [-0.4, -0.2) is 23.5 Å². The van der Waals surface area contributed by atoms with Crippen molar-refractivity contribution in [2.45, 2.75) is 32.5 Å². The summed E-state index contributed by atoms with van der Waals surface area (Å²) in [7, 11) is 0. The number of amidine groups is 1. The number of rotatable bonds is 5. The van der Waals surface area contributed by atoms with Crippen molar-refractivity contribution < 1.29 is 22.7 Å². The van der Waals surface area contributed by atoms with Crippen LogP contribution in [0.5, 0.6) is 11.5 Å². The molecule has 0 fully saturated rings. The van der Waals surface area contributed by atoms with Crippen LogP contribution in [0.3, 0.4) is 0 Å². The molecule has 1 aliphatic rings. The maximum atomic E-state index is 13.2. The quantitative estimate of drug-likeness (QED) is 0.344. The molecule has 0 spiro atoms. The van der Waals surface area contributed by atoms with E-state index in [4.69, 9.17) is 9.57 Å². The van der Waals surface area contributed by atoms with Crippen molar-refractivity contribution in [2.24, 2.45) is 5.16 Å². The van der Waals surface area contributed by atoms with Crippen molar-refractivity contribution in [3.05, 3.63) is 101 Å². The summed E-state index contributed by atoms with van der Waals surface area (Å²) in [6.45, 7) is 4.52. The molecular formula is C28H24F3N3O2. The topological polar surface area (TPSA) is 55.7 Å². The van der Waals surface area contributed by atoms with Gasteiger partial charge < -0.3 is 14.9 Å². The molecule has 1 atom stereocenters. The van der Waals surface area contributed by atoms with E-state index in [1.54, 1.807) is 0 Å². The van der Waals surface area contributed by atoms with Gasteiger partial charge in [-0.15, -0.1) is 0 Å². The lowest BCUT2D eigenvalue weighted by atomic mass is 9.98. The van der Waals surface area contributed by atoms with Crippen molar-refractivity contribution in [2.75, 3.05) is 6.61 Å². The van der Waals surface area contributed by atoms with Gasteiger partial charge in [0.05, 0.1) is 28.9 Å². The summed E-state index contributed by atoms with van der Waals surface area (Å²) in [5, 5.41) is 8.45. The van der Waals surface area contributed by atoms with Crippen LogP contribution in [0.15, 0.2) is 78.1 Å². The Hall–Kier alpha value is -4.07. The Morgan fingerprint density at radius 2 is 1.86 bits per heavy atom. The Morgan fingerprint density at radius 3 is 2.67 bits per heavy atom. The molecule has 5 nitrogen and oxygen atoms in total. The number of ether oxygens (including phenoxy) is 1. The zero-order chi connectivity index (χ0) is 25.3. The normalized spacial score (nSPS) is 15.7. The standard InChI is InChI=1S/C28H24F3N3O2/c1-17-10-11-19(18(2)12-17)13-21-16-35-34-27(33-21)26-23-8-3-4-9-24(23)32-15-25(26)36-22-7-5-6-20(14-22)28(29,30)31/h3-12,14-15,21H,13,16H2,1-2H3,(H,33,34)/t21-/m1/s1. The predicted octanol–water partition coefficient (Wildman–Crippen LogP) is 6.56. The number of oxime groups is 1. The summed E-state index contributed by atoms with van der Waals surface area (Å²) in [6.07, 6.45) is -2.26. The van der Waals surface area contributed by atoms with Crippen LogP contribution in [0.25, 0.3) is 10.9 Å². The van der Waals surface area contributed by atoms with Crippen molar-refractivity contribution in [1.29, 1.82) is 0 Å². The number of pyridine rings is 1. The molecule has 0 amide bonds. The van der Waals surface area contributed by atoms with E-state index in [0.29, 0.717) is 23.5 Å². The number of para-hydroxylation sites is 1. The van der Waals surface area contributed by atoms with Crippen molar-refractivity contribution in [3.63, 3.8) is 0 Å². The number of halogens is 3. The van der Waals surface area contributed by atoms with Gasteiger partial charge in [-0.1, -0.05) is 53.2 Å². The zero-order valence-corrected chi connectivity index (χ0v) is 19.8. The summed E-state index contributed by atoms with van der Waals surface area (Å²) in [4.78, 5) is 10.0. The molecule has 0 saturated carbocycles. The van der Waals surface area contributed by atoms with Gasteiger partial charge in [0.2, 0.25) is 0 Å². The van der Waals surface area contributed by atoms with Crippen LogP contribution in [0.4, 0.5) is 13.2 Å². The molecule has 2 heterocycles. The van der Waals surface area contributed by atoms with Crippen LogP contribution in [0, 0.1) is 13.8 Å². The van der Waals surface area contributed by atoms with Crippen LogP contribution in [-0.2, 0) is 17.4 Å². The van der Waals surface area contributed by atoms with Gasteiger partial charge in [0.15, 0.2) is 11.6 Å². The van der Waals surface area contributed by atoms with E-state index in [1.165, 1.54) is 35.0 Å². The van der Waals surface area contributed by atoms with Crippen molar-refractivity contribution in [3.8, 4) is 11.5 Å². The highest BCUT2D eigenvalue weighted by Crippen LogP contribution is 2.35. The molecule has 3 aromatic carbocycles. The lowest BCUT2D eigenvalue weighted by molar-refractivity contribution is -0.137. The van der Waals surface area contributed by atoms with Gasteiger partial charge in [-0.05, 0) is 55.7 Å². The smallest absolute Gasteiger partial charge is 0.416 e. The minimum Gasteiger partial charge on any atom is -0.455 e. The van der Waals surface area contributed by atoms with Crippen LogP contribution in [0.2, 0.25) is 0 Å². The predicted molar refractivity (Wildman–Crippen MR) is 132 cm³/mol. The number of benzene rings is 3. The highest BCUT2D eigenvalue weighted by molar-refractivity contribution is 6.11. The number of nitrogens with one attached hydrogen (secondary N) is 1. The molecule has 36 heavy (non-hydrogen) atoms. The average Bonchev–Trinajstić information content (AvgIpc) is 2.85. The van der Waals surface area contributed by atoms with Crippen molar-refractivity contribution in [1.82, 2.24) is 10.3 Å². The molecule has 5 rings (SSSR count). The summed E-state index contributed by atoms with van der Waals surface area (Å²) in [5.41, 5.74) is 4.08. The highest BCUT2D eigenvalue weighted by Gasteiger charge is 2.31. The monoisotopic (exact) mass is 491 g/mol. The number of nitrogens with zero attached hydrogens (tertiary/aromatic N) is 2. The molecule has 184 valence electrons. The van der Waals surface area contributed by atoms with Gasteiger partial charge in [0.1, 0.15) is 12.4 Å². The fourth-order valence-corrected chi connectivity index (χ4v) is 4.33. The first kappa shape index (κ1) is 23.7. The first-order valence-electron chi connectivity index (χ1n) is 11.5. The molecule has 0 aliphatic carbocycles. The Bertz CT molecular complexity index is 1450. The third kappa shape index (κ3) is 4.98. The molecule has 0 radical (unpaired) electrons. The minimum atomic E-state index is -4.48. The Balaban J connectivity index is 1.50. The number of hydrogen-bond donors (Lipinski definition) is 1. The lowest BCUT2D eigenvalue weighted by Crippen LogP contribution is -2.43. The number of hydrogen-bond acceptors (Lipinski definition) is 5. The summed E-state index contributed by atoms with van der Waals surface area (Å²) >= 11 is 0. The second kappa shape index (κ2) is 9.53. The van der Waals surface area contributed by atoms with E-state index < -0.39 is 11.7 Å². The summed E-state index contributed by atoms with van der Waals surface area (Å²) in [6, 6.07) is 18.5. The van der Waals surface area contributed by atoms with Gasteiger partial charge in [0, 0.05) is 5.39 Å². The van der Waals surface area contributed by atoms with E-state index in [9.17, 15) is 13.2 Å². The third-order valence-electron chi connectivity index (χ3n) is 6.10. The zero-order valence-electron chi connectivity index (χ0n) is 19.8. The highest BCUT2D eigenvalue weighted by atomic mass is 19.4. The van der Waals surface area contributed by atoms with E-state index >= 15 is 0 Å². The Kier molecular flexibility index (Phi) is 6.26. The van der Waals surface area contributed by atoms with E-state index in [0.717, 1.165) is 23.9 Å². The molecule has 0 saturated heterocycles. The number of alkyl halides is 3. The van der Waals surface area contributed by atoms with Gasteiger partial charge in [0.25, 0.3) is 0 Å². The minimum absolute atomic E-state index is 0.0484. The largest absolute Gasteiger partial charge is 0.455 e. The molecular weight excluding hydrogens is 467 g/mol. The van der Waals surface area contributed by atoms with E-state index in [2.05, 4.69) is 47.5 Å². The SMILES string of the molecule is Cc1ccc(C[C@@H]2CON=C(c3c(Oc4cccc(C(F)(F)F)c4)cnc4ccccc34)N2)c(C)c1. The van der Waals surface area contributed by atoms with Gasteiger partial charge in [-0.3, -0.25) is 4.98 Å². The molecule has 0 unspecified atom stereocenters. The molecule has 0 bridgehead atoms. The number of aryl methyl sites for hydroxylation is 2.